The summed E-state index contributed by atoms with van der Waals surface area (Å²) in [5.41, 5.74) is 1.90. The molecule has 10 heteroatoms. The van der Waals surface area contributed by atoms with Crippen LogP contribution in [0.2, 0.25) is 0 Å². The van der Waals surface area contributed by atoms with Gasteiger partial charge in [0, 0.05) is 51.4 Å². The van der Waals surface area contributed by atoms with Crippen molar-refractivity contribution in [1.29, 1.82) is 0 Å². The highest BCUT2D eigenvalue weighted by Gasteiger charge is 2.38. The summed E-state index contributed by atoms with van der Waals surface area (Å²) in [4.78, 5) is 39.7. The van der Waals surface area contributed by atoms with E-state index >= 15 is 0 Å². The van der Waals surface area contributed by atoms with Gasteiger partial charge in [0.25, 0.3) is 0 Å². The lowest BCUT2D eigenvalue weighted by molar-refractivity contribution is -0.120. The van der Waals surface area contributed by atoms with Crippen LogP contribution in [-0.4, -0.2) is 85.5 Å². The Morgan fingerprint density at radius 1 is 1.06 bits per heavy atom. The van der Waals surface area contributed by atoms with Crippen molar-refractivity contribution >= 4 is 34.8 Å². The van der Waals surface area contributed by atoms with Crippen molar-refractivity contribution in [2.75, 3.05) is 62.0 Å². The molecule has 10 nitrogen and oxygen atoms in total. The number of carbonyl (C=O) groups excluding carboxylic acids is 2. The summed E-state index contributed by atoms with van der Waals surface area (Å²) < 4.78 is 5.41. The molecule has 1 unspecified atom stereocenters. The monoisotopic (exact) mass is 663 g/mol. The van der Waals surface area contributed by atoms with Crippen molar-refractivity contribution in [2.45, 2.75) is 111 Å². The van der Waals surface area contributed by atoms with Gasteiger partial charge in [-0.2, -0.15) is 4.98 Å². The quantitative estimate of drug-likeness (QED) is 0.259. The second kappa shape index (κ2) is 18.5. The minimum Gasteiger partial charge on any atom is -0.495 e. The number of nitrogens with zero attached hydrogens (tertiary/aromatic N) is 5. The summed E-state index contributed by atoms with van der Waals surface area (Å²) >= 11 is 0. The Labute approximate surface area is 289 Å². The van der Waals surface area contributed by atoms with Crippen LogP contribution in [0.15, 0.2) is 24.4 Å². The molecule has 3 fully saturated rings. The molecule has 2 aliphatic carbocycles. The molecule has 1 amide bonds. The van der Waals surface area contributed by atoms with E-state index in [1.807, 2.05) is 25.7 Å². The molecule has 48 heavy (non-hydrogen) atoms. The van der Waals surface area contributed by atoms with Gasteiger partial charge < -0.3 is 30.1 Å². The second-order valence-electron chi connectivity index (χ2n) is 14.1. The number of ketones is 1. The molecule has 2 saturated carbocycles. The topological polar surface area (TPSA) is 103 Å². The molecule has 1 saturated heterocycles. The number of carbonyl (C=O) groups is 2. The van der Waals surface area contributed by atoms with Gasteiger partial charge in [-0.25, -0.2) is 4.98 Å². The molecule has 2 aromatic rings. The number of nitrogens with one attached hydrogen (secondary N) is 2. The number of likely N-dealkylation sites (N-methyl/N-ethyl adjacent to an activating group) is 1. The lowest BCUT2D eigenvalue weighted by Crippen LogP contribution is -2.54. The molecule has 0 radical (unpaired) electrons. The SMILES string of the molecule is C1CN(CC2CC2)CCN1.CCC1C(=O)N(C)c2cnc(Nc3ccc(C(C)=O)cc3OC)nc2N1C(C)C.CCCC1CCCCC1. The highest BCUT2D eigenvalue weighted by molar-refractivity contribution is 6.04. The van der Waals surface area contributed by atoms with E-state index in [1.165, 1.54) is 97.4 Å². The van der Waals surface area contributed by atoms with Crippen LogP contribution in [0.1, 0.15) is 109 Å². The number of Topliss-reactive ketones (excluding diaryl/α,β-unsaturated/α-hetero) is 1. The third-order valence-electron chi connectivity index (χ3n) is 9.95. The summed E-state index contributed by atoms with van der Waals surface area (Å²) in [6.45, 7) is 16.2. The first-order valence-corrected chi connectivity index (χ1v) is 18.5. The summed E-state index contributed by atoms with van der Waals surface area (Å²) in [7, 11) is 3.30. The molecular formula is C38H61N7O3. The first kappa shape index (κ1) is 37.6. The fourth-order valence-corrected chi connectivity index (χ4v) is 7.02. The number of rotatable bonds is 10. The predicted molar refractivity (Wildman–Crippen MR) is 197 cm³/mol. The van der Waals surface area contributed by atoms with Gasteiger partial charge in [0.2, 0.25) is 11.9 Å². The maximum Gasteiger partial charge on any atom is 0.249 e. The lowest BCUT2D eigenvalue weighted by Gasteiger charge is -2.42. The van der Waals surface area contributed by atoms with Gasteiger partial charge in [-0.05, 0) is 70.1 Å². The van der Waals surface area contributed by atoms with Crippen molar-refractivity contribution < 1.29 is 14.3 Å². The highest BCUT2D eigenvalue weighted by Crippen LogP contribution is 2.37. The fourth-order valence-electron chi connectivity index (χ4n) is 7.02. The number of amides is 1. The molecular weight excluding hydrogens is 602 g/mol. The van der Waals surface area contributed by atoms with Crippen LogP contribution >= 0.6 is 0 Å². The van der Waals surface area contributed by atoms with E-state index in [-0.39, 0.29) is 23.8 Å². The minimum absolute atomic E-state index is 0.0363. The Kier molecular flexibility index (Phi) is 14.5. The van der Waals surface area contributed by atoms with Crippen LogP contribution in [-0.2, 0) is 4.79 Å². The van der Waals surface area contributed by atoms with Crippen LogP contribution in [0.5, 0.6) is 5.75 Å². The third-order valence-corrected chi connectivity index (χ3v) is 9.95. The normalized spacial score (nSPS) is 19.9. The van der Waals surface area contributed by atoms with Gasteiger partial charge in [0.15, 0.2) is 11.6 Å². The van der Waals surface area contributed by atoms with E-state index in [9.17, 15) is 9.59 Å². The number of ether oxygens (including phenoxy) is 1. The van der Waals surface area contributed by atoms with Crippen molar-refractivity contribution in [3.63, 3.8) is 0 Å². The zero-order chi connectivity index (χ0) is 34.6. The zero-order valence-corrected chi connectivity index (χ0v) is 30.7. The molecule has 1 aromatic heterocycles. The Morgan fingerprint density at radius 3 is 2.35 bits per heavy atom. The standard InChI is InChI=1S/C21H27N5O3.C9H18.C8H16N2/c1-7-16-20(28)25(5)17-11-22-21(24-19(17)26(16)12(2)3)23-15-9-8-14(13(4)27)10-18(15)29-6;1-2-6-9-7-4-3-5-8-9;1-2-8(1)7-10-5-3-9-4-6-10/h8-12,16H,7H2,1-6H3,(H,22,23,24);9H,2-8H2,1H3;8-9H,1-7H2. The average Bonchev–Trinajstić information content (AvgIpc) is 3.92. The molecule has 0 bridgehead atoms. The van der Waals surface area contributed by atoms with Crippen LogP contribution < -0.4 is 25.2 Å². The van der Waals surface area contributed by atoms with E-state index in [1.54, 1.807) is 43.5 Å². The van der Waals surface area contributed by atoms with Crippen LogP contribution in [0.4, 0.5) is 23.1 Å². The maximum atomic E-state index is 12.7. The molecule has 2 N–H and O–H groups in total. The van der Waals surface area contributed by atoms with Crippen LogP contribution in [0.3, 0.4) is 0 Å². The Morgan fingerprint density at radius 2 is 1.77 bits per heavy atom. The van der Waals surface area contributed by atoms with E-state index in [4.69, 9.17) is 9.72 Å². The number of methoxy groups -OCH3 is 1. The first-order valence-electron chi connectivity index (χ1n) is 18.5. The van der Waals surface area contributed by atoms with Gasteiger partial charge in [0.05, 0.1) is 19.0 Å². The molecule has 266 valence electrons. The van der Waals surface area contributed by atoms with Crippen LogP contribution in [0, 0.1) is 11.8 Å². The number of benzene rings is 1. The molecule has 4 aliphatic rings. The lowest BCUT2D eigenvalue weighted by atomic mass is 9.86. The van der Waals surface area contributed by atoms with Gasteiger partial charge in [-0.1, -0.05) is 58.8 Å². The number of fused-ring (bicyclic) bond motifs is 1. The first-order chi connectivity index (χ1) is 23.2. The third kappa shape index (κ3) is 10.4. The number of hydrogen-bond acceptors (Lipinski definition) is 9. The maximum absolute atomic E-state index is 12.7. The molecule has 2 aliphatic heterocycles. The van der Waals surface area contributed by atoms with Crippen LogP contribution in [0.25, 0.3) is 0 Å². The summed E-state index contributed by atoms with van der Waals surface area (Å²) in [6.07, 6.45) is 15.8. The second-order valence-corrected chi connectivity index (χ2v) is 14.1. The minimum atomic E-state index is -0.264. The Hall–Kier alpha value is -3.24. The number of anilines is 4. The van der Waals surface area contributed by atoms with Gasteiger partial charge >= 0.3 is 0 Å². The van der Waals surface area contributed by atoms with Crippen molar-refractivity contribution in [3.05, 3.63) is 30.0 Å². The smallest absolute Gasteiger partial charge is 0.249 e. The number of piperazine rings is 1. The molecule has 3 heterocycles. The molecule has 0 spiro atoms. The summed E-state index contributed by atoms with van der Waals surface area (Å²) in [5, 5.41) is 6.54. The Bertz CT molecular complexity index is 1320. The van der Waals surface area contributed by atoms with E-state index in [0.29, 0.717) is 40.9 Å². The average molecular weight is 664 g/mol. The van der Waals surface area contributed by atoms with Crippen molar-refractivity contribution in [1.82, 2.24) is 20.2 Å². The number of hydrogen-bond donors (Lipinski definition) is 2. The zero-order valence-electron chi connectivity index (χ0n) is 30.7. The molecule has 1 atom stereocenters. The molecule has 6 rings (SSSR count). The summed E-state index contributed by atoms with van der Waals surface area (Å²) in [6, 6.07) is 5.01. The largest absolute Gasteiger partial charge is 0.495 e. The highest BCUT2D eigenvalue weighted by atomic mass is 16.5. The van der Waals surface area contributed by atoms with Crippen molar-refractivity contribution in [2.24, 2.45) is 11.8 Å². The fraction of sp³-hybridized carbons (Fsp3) is 0.684. The van der Waals surface area contributed by atoms with Gasteiger partial charge in [-0.15, -0.1) is 0 Å². The van der Waals surface area contributed by atoms with Crippen molar-refractivity contribution in [3.8, 4) is 5.75 Å². The molecule has 1 aromatic carbocycles. The summed E-state index contributed by atoms with van der Waals surface area (Å²) in [5.74, 6) is 3.80. The van der Waals surface area contributed by atoms with E-state index < -0.39 is 0 Å². The predicted octanol–water partition coefficient (Wildman–Crippen LogP) is 7.07. The van der Waals surface area contributed by atoms with Gasteiger partial charge in [-0.3, -0.25) is 9.59 Å². The Balaban J connectivity index is 0.000000219. The number of aromatic nitrogens is 2. The van der Waals surface area contributed by atoms with E-state index in [2.05, 4.69) is 27.4 Å². The van der Waals surface area contributed by atoms with E-state index in [0.717, 1.165) is 11.8 Å². The van der Waals surface area contributed by atoms with Gasteiger partial charge in [0.1, 0.15) is 17.5 Å².